The van der Waals surface area contributed by atoms with Crippen LogP contribution in [-0.2, 0) is 23.1 Å². The average molecular weight is 254 g/mol. The Kier molecular flexibility index (Phi) is 5.80. The van der Waals surface area contributed by atoms with Crippen LogP contribution in [-0.4, -0.2) is 47.4 Å². The number of nitrogens with zero attached hydrogens (tertiary/aromatic N) is 3. The third-order valence-corrected chi connectivity index (χ3v) is 2.74. The second-order valence-corrected chi connectivity index (χ2v) is 4.46. The topological polar surface area (TPSA) is 73.4 Å². The van der Waals surface area contributed by atoms with E-state index in [1.165, 1.54) is 0 Å². The van der Waals surface area contributed by atoms with Crippen LogP contribution in [0, 0.1) is 0 Å². The van der Waals surface area contributed by atoms with Crippen LogP contribution in [0.5, 0.6) is 0 Å². The first kappa shape index (κ1) is 14.7. The molecule has 0 fully saturated rings. The fourth-order valence-corrected chi connectivity index (χ4v) is 1.76. The van der Waals surface area contributed by atoms with Gasteiger partial charge < -0.3 is 15.4 Å². The van der Waals surface area contributed by atoms with Crippen molar-refractivity contribution in [2.45, 2.75) is 25.4 Å². The second kappa shape index (κ2) is 7.13. The largest absolute Gasteiger partial charge is 0.385 e. The van der Waals surface area contributed by atoms with Gasteiger partial charge >= 0.3 is 0 Å². The molecule has 1 unspecified atom stereocenters. The van der Waals surface area contributed by atoms with Crippen LogP contribution in [0.25, 0.3) is 0 Å². The van der Waals surface area contributed by atoms with E-state index < -0.39 is 6.04 Å². The van der Waals surface area contributed by atoms with Crippen LogP contribution < -0.4 is 5.73 Å². The zero-order chi connectivity index (χ0) is 13.5. The summed E-state index contributed by atoms with van der Waals surface area (Å²) in [6.45, 7) is 1.16. The first-order chi connectivity index (χ1) is 8.54. The van der Waals surface area contributed by atoms with Gasteiger partial charge in [-0.3, -0.25) is 9.48 Å². The van der Waals surface area contributed by atoms with Crippen LogP contribution in [0.2, 0.25) is 0 Å². The summed E-state index contributed by atoms with van der Waals surface area (Å²) in [7, 11) is 5.25. The van der Waals surface area contributed by atoms with Gasteiger partial charge in [-0.15, -0.1) is 0 Å². The summed E-state index contributed by atoms with van der Waals surface area (Å²) >= 11 is 0. The Labute approximate surface area is 108 Å². The van der Waals surface area contributed by atoms with Gasteiger partial charge in [-0.05, 0) is 12.8 Å². The van der Waals surface area contributed by atoms with Gasteiger partial charge in [-0.2, -0.15) is 5.10 Å². The van der Waals surface area contributed by atoms with Crippen LogP contribution in [0.1, 0.15) is 18.4 Å². The highest BCUT2D eigenvalue weighted by atomic mass is 16.5. The predicted octanol–water partition coefficient (Wildman–Crippen LogP) is 0.132. The Bertz CT molecular complexity index is 378. The number of amides is 1. The minimum absolute atomic E-state index is 0.0463. The van der Waals surface area contributed by atoms with Crippen molar-refractivity contribution >= 4 is 5.91 Å². The van der Waals surface area contributed by atoms with Crippen molar-refractivity contribution < 1.29 is 9.53 Å². The predicted molar refractivity (Wildman–Crippen MR) is 68.8 cm³/mol. The second-order valence-electron chi connectivity index (χ2n) is 4.46. The van der Waals surface area contributed by atoms with Crippen LogP contribution in [0.4, 0.5) is 0 Å². The molecule has 0 spiro atoms. The number of hydrogen-bond acceptors (Lipinski definition) is 4. The van der Waals surface area contributed by atoms with Crippen LogP contribution in [0.3, 0.4) is 0 Å². The first-order valence-electron chi connectivity index (χ1n) is 6.01. The van der Waals surface area contributed by atoms with E-state index >= 15 is 0 Å². The number of aryl methyl sites for hydroxylation is 1. The summed E-state index contributed by atoms with van der Waals surface area (Å²) < 4.78 is 6.65. The summed E-state index contributed by atoms with van der Waals surface area (Å²) in [5, 5.41) is 4.07. The lowest BCUT2D eigenvalue weighted by Crippen LogP contribution is -2.41. The fraction of sp³-hybridized carbons (Fsp3) is 0.667. The molecule has 6 heteroatoms. The molecule has 6 nitrogen and oxygen atoms in total. The average Bonchev–Trinajstić information content (AvgIpc) is 2.73. The molecule has 1 rings (SSSR count). The van der Waals surface area contributed by atoms with Crippen molar-refractivity contribution in [1.29, 1.82) is 0 Å². The van der Waals surface area contributed by atoms with Crippen molar-refractivity contribution in [2.24, 2.45) is 12.8 Å². The number of ether oxygens (including phenoxy) is 1. The number of rotatable bonds is 7. The molecule has 1 amide bonds. The Balaban J connectivity index is 2.40. The van der Waals surface area contributed by atoms with Crippen molar-refractivity contribution in [3.63, 3.8) is 0 Å². The molecule has 102 valence electrons. The molecule has 2 N–H and O–H groups in total. The van der Waals surface area contributed by atoms with Gasteiger partial charge in [0.2, 0.25) is 5.91 Å². The van der Waals surface area contributed by atoms with E-state index in [2.05, 4.69) is 5.10 Å². The number of likely N-dealkylation sites (N-methyl/N-ethyl adjacent to an activating group) is 1. The molecule has 0 aliphatic rings. The molecule has 0 aromatic carbocycles. The van der Waals surface area contributed by atoms with Crippen LogP contribution >= 0.6 is 0 Å². The maximum Gasteiger partial charge on any atom is 0.239 e. The molecule has 18 heavy (non-hydrogen) atoms. The van der Waals surface area contributed by atoms with Crippen molar-refractivity contribution in [1.82, 2.24) is 14.7 Å². The molecule has 1 atom stereocenters. The molecule has 0 saturated carbocycles. The first-order valence-corrected chi connectivity index (χ1v) is 6.01. The van der Waals surface area contributed by atoms with Crippen LogP contribution in [0.15, 0.2) is 12.4 Å². The molecule has 1 aromatic heterocycles. The fourth-order valence-electron chi connectivity index (χ4n) is 1.76. The lowest BCUT2D eigenvalue weighted by molar-refractivity contribution is -0.132. The molecule has 0 bridgehead atoms. The Morgan fingerprint density at radius 3 is 2.94 bits per heavy atom. The number of nitrogens with two attached hydrogens (primary N) is 1. The lowest BCUT2D eigenvalue weighted by atomic mass is 10.1. The number of methoxy groups -OCH3 is 1. The smallest absolute Gasteiger partial charge is 0.239 e. The summed E-state index contributed by atoms with van der Waals surface area (Å²) in [5.74, 6) is -0.0463. The monoisotopic (exact) mass is 254 g/mol. The van der Waals surface area contributed by atoms with Crippen molar-refractivity contribution in [3.05, 3.63) is 18.0 Å². The van der Waals surface area contributed by atoms with Gasteiger partial charge in [0.15, 0.2) is 0 Å². The maximum absolute atomic E-state index is 12.0. The van der Waals surface area contributed by atoms with E-state index in [1.54, 1.807) is 29.9 Å². The van der Waals surface area contributed by atoms with Gasteiger partial charge in [0, 0.05) is 46.1 Å². The molecule has 1 aromatic rings. The van der Waals surface area contributed by atoms with E-state index in [9.17, 15) is 4.79 Å². The van der Waals surface area contributed by atoms with Gasteiger partial charge in [-0.25, -0.2) is 0 Å². The van der Waals surface area contributed by atoms with E-state index in [4.69, 9.17) is 10.5 Å². The minimum atomic E-state index is -0.457. The molecular formula is C12H22N4O2. The van der Waals surface area contributed by atoms with E-state index in [-0.39, 0.29) is 5.91 Å². The summed E-state index contributed by atoms with van der Waals surface area (Å²) in [5.41, 5.74) is 6.85. The van der Waals surface area contributed by atoms with Crippen molar-refractivity contribution in [3.8, 4) is 0 Å². The molecule has 0 radical (unpaired) electrons. The SMILES string of the molecule is COCCCC(N)C(=O)N(C)Cc1cnn(C)c1. The Hall–Kier alpha value is -1.40. The van der Waals surface area contributed by atoms with Gasteiger partial charge in [-0.1, -0.05) is 0 Å². The van der Waals surface area contributed by atoms with E-state index in [0.29, 0.717) is 19.6 Å². The maximum atomic E-state index is 12.0. The highest BCUT2D eigenvalue weighted by Gasteiger charge is 2.18. The van der Waals surface area contributed by atoms with Gasteiger partial charge in [0.25, 0.3) is 0 Å². The standard InChI is InChI=1S/C12H22N4O2/c1-15(8-10-7-14-16(2)9-10)12(17)11(13)5-4-6-18-3/h7,9,11H,4-6,8,13H2,1-3H3. The van der Waals surface area contributed by atoms with Gasteiger partial charge in [0.05, 0.1) is 12.2 Å². The molecule has 0 aliphatic heterocycles. The summed E-state index contributed by atoms with van der Waals surface area (Å²) in [6, 6.07) is -0.457. The normalized spacial score (nSPS) is 12.4. The molecule has 0 aliphatic carbocycles. The van der Waals surface area contributed by atoms with Crippen molar-refractivity contribution in [2.75, 3.05) is 20.8 Å². The zero-order valence-corrected chi connectivity index (χ0v) is 11.3. The van der Waals surface area contributed by atoms with Gasteiger partial charge in [0.1, 0.15) is 0 Å². The summed E-state index contributed by atoms with van der Waals surface area (Å²) in [4.78, 5) is 13.6. The highest BCUT2D eigenvalue weighted by Crippen LogP contribution is 2.05. The molecule has 0 saturated heterocycles. The third kappa shape index (κ3) is 4.46. The minimum Gasteiger partial charge on any atom is -0.385 e. The number of hydrogen-bond donors (Lipinski definition) is 1. The number of carbonyl (C=O) groups is 1. The quantitative estimate of drug-likeness (QED) is 0.702. The van der Waals surface area contributed by atoms with E-state index in [0.717, 1.165) is 12.0 Å². The highest BCUT2D eigenvalue weighted by molar-refractivity contribution is 5.81. The Morgan fingerprint density at radius 2 is 2.39 bits per heavy atom. The molecular weight excluding hydrogens is 232 g/mol. The number of aromatic nitrogens is 2. The number of carbonyl (C=O) groups excluding carboxylic acids is 1. The van der Waals surface area contributed by atoms with E-state index in [1.807, 2.05) is 13.2 Å². The lowest BCUT2D eigenvalue weighted by Gasteiger charge is -2.20. The Morgan fingerprint density at radius 1 is 1.67 bits per heavy atom. The molecule has 1 heterocycles. The zero-order valence-electron chi connectivity index (χ0n) is 11.3. The third-order valence-electron chi connectivity index (χ3n) is 2.74. The summed E-state index contributed by atoms with van der Waals surface area (Å²) in [6.07, 6.45) is 5.08.